The van der Waals surface area contributed by atoms with Crippen LogP contribution in [0.1, 0.15) is 6.92 Å². The quantitative estimate of drug-likeness (QED) is 0.610. The zero-order valence-electron chi connectivity index (χ0n) is 10.3. The van der Waals surface area contributed by atoms with Gasteiger partial charge in [0.25, 0.3) is 0 Å². The lowest BCUT2D eigenvalue weighted by Crippen LogP contribution is -2.19. The minimum Gasteiger partial charge on any atom is -0.460 e. The van der Waals surface area contributed by atoms with Crippen LogP contribution in [0.25, 0.3) is 0 Å². The fraction of sp³-hybridized carbons (Fsp3) is 0.455. The molecule has 0 rings (SSSR count). The molecule has 0 fully saturated rings. The Bertz CT molecular complexity index is 310. The number of carbonyl (C=O) groups excluding carboxylic acids is 2. The van der Waals surface area contributed by atoms with Crippen LogP contribution in [-0.2, 0) is 19.1 Å². The van der Waals surface area contributed by atoms with E-state index in [1.165, 1.54) is 6.92 Å². The average molecular weight is 284 g/mol. The van der Waals surface area contributed by atoms with Gasteiger partial charge in [-0.05, 0) is 6.92 Å². The van der Waals surface area contributed by atoms with Gasteiger partial charge in [-0.25, -0.2) is 9.59 Å². The molecule has 0 amide bonds. The summed E-state index contributed by atoms with van der Waals surface area (Å²) in [7, 11) is 0. The van der Waals surface area contributed by atoms with Crippen molar-refractivity contribution in [1.29, 1.82) is 0 Å². The molecule has 0 heterocycles. The molecule has 1 N–H and O–H groups in total. The number of hydrogen-bond donors (Lipinski definition) is 1. The van der Waals surface area contributed by atoms with Gasteiger partial charge in [0.2, 0.25) is 0 Å². The Balaban J connectivity index is 0. The average Bonchev–Trinajstić information content (AvgIpc) is 2.32. The maximum Gasteiger partial charge on any atom is 0.422 e. The van der Waals surface area contributed by atoms with Crippen molar-refractivity contribution >= 4 is 11.9 Å². The first-order valence-electron chi connectivity index (χ1n) is 4.95. The van der Waals surface area contributed by atoms with Gasteiger partial charge in [-0.3, -0.25) is 0 Å². The Morgan fingerprint density at radius 2 is 1.63 bits per heavy atom. The lowest BCUT2D eigenvalue weighted by atomic mass is 10.4. The van der Waals surface area contributed by atoms with Crippen molar-refractivity contribution in [2.45, 2.75) is 19.2 Å². The summed E-state index contributed by atoms with van der Waals surface area (Å²) in [6.45, 7) is 6.11. The topological polar surface area (TPSA) is 72.8 Å². The van der Waals surface area contributed by atoms with Gasteiger partial charge >= 0.3 is 18.1 Å². The number of hydrogen-bond acceptors (Lipinski definition) is 5. The van der Waals surface area contributed by atoms with Crippen LogP contribution in [0.3, 0.4) is 0 Å². The number of aliphatic hydroxyl groups is 1. The van der Waals surface area contributed by atoms with E-state index in [1.807, 2.05) is 0 Å². The minimum atomic E-state index is -4.46. The van der Waals surface area contributed by atoms with Gasteiger partial charge in [-0.2, -0.15) is 13.2 Å². The summed E-state index contributed by atoms with van der Waals surface area (Å²) < 4.78 is 41.8. The number of ether oxygens (including phenoxy) is 2. The van der Waals surface area contributed by atoms with Gasteiger partial charge < -0.3 is 14.6 Å². The lowest BCUT2D eigenvalue weighted by Gasteiger charge is -2.04. The summed E-state index contributed by atoms with van der Waals surface area (Å²) >= 11 is 0. The second-order valence-electron chi connectivity index (χ2n) is 3.11. The largest absolute Gasteiger partial charge is 0.460 e. The second-order valence-corrected chi connectivity index (χ2v) is 3.11. The second kappa shape index (κ2) is 10.1. The molecule has 0 saturated heterocycles. The third kappa shape index (κ3) is 18.7. The summed E-state index contributed by atoms with van der Waals surface area (Å²) in [4.78, 5) is 20.3. The van der Waals surface area contributed by atoms with Crippen molar-refractivity contribution in [3.63, 3.8) is 0 Å². The maximum absolute atomic E-state index is 11.2. The molecule has 0 aromatic carbocycles. The molecule has 8 heteroatoms. The first kappa shape index (κ1) is 19.5. The molecule has 0 spiro atoms. The molecule has 1 unspecified atom stereocenters. The van der Waals surface area contributed by atoms with E-state index in [4.69, 9.17) is 5.11 Å². The van der Waals surface area contributed by atoms with Gasteiger partial charge in [-0.1, -0.05) is 13.2 Å². The number of esters is 2. The summed E-state index contributed by atoms with van der Waals surface area (Å²) in [5.41, 5.74) is 0. The van der Waals surface area contributed by atoms with Crippen LogP contribution in [0.4, 0.5) is 13.2 Å². The van der Waals surface area contributed by atoms with Crippen LogP contribution < -0.4 is 0 Å². The molecule has 0 aliphatic rings. The molecule has 0 radical (unpaired) electrons. The van der Waals surface area contributed by atoms with Gasteiger partial charge in [0.1, 0.15) is 6.61 Å². The van der Waals surface area contributed by atoms with E-state index < -0.39 is 30.8 Å². The minimum absolute atomic E-state index is 0.0326. The molecular weight excluding hydrogens is 269 g/mol. The van der Waals surface area contributed by atoms with E-state index in [0.29, 0.717) is 6.08 Å². The number of carbonyl (C=O) groups is 2. The van der Waals surface area contributed by atoms with E-state index in [0.717, 1.165) is 6.08 Å². The summed E-state index contributed by atoms with van der Waals surface area (Å²) in [5.74, 6) is -1.58. The molecule has 5 nitrogen and oxygen atoms in total. The number of halogens is 3. The summed E-state index contributed by atoms with van der Waals surface area (Å²) in [6.07, 6.45) is -3.33. The number of rotatable bonds is 5. The molecule has 110 valence electrons. The Morgan fingerprint density at radius 3 is 1.95 bits per heavy atom. The summed E-state index contributed by atoms with van der Waals surface area (Å²) in [5, 5.41) is 8.59. The molecule has 0 aliphatic heterocycles. The zero-order valence-corrected chi connectivity index (χ0v) is 10.3. The SMILES string of the molecule is C=CC(=O)OCC(C)O.C=CC(=O)OCC(F)(F)F. The lowest BCUT2D eigenvalue weighted by molar-refractivity contribution is -0.182. The molecule has 0 aliphatic carbocycles. The summed E-state index contributed by atoms with van der Waals surface area (Å²) in [6, 6.07) is 0. The van der Waals surface area contributed by atoms with E-state index in [-0.39, 0.29) is 6.61 Å². The number of alkyl halides is 3. The van der Waals surface area contributed by atoms with Gasteiger partial charge in [0.05, 0.1) is 6.10 Å². The van der Waals surface area contributed by atoms with Crippen LogP contribution in [0.15, 0.2) is 25.3 Å². The highest BCUT2D eigenvalue weighted by Crippen LogP contribution is 2.14. The van der Waals surface area contributed by atoms with Gasteiger partial charge in [-0.15, -0.1) is 0 Å². The first-order valence-corrected chi connectivity index (χ1v) is 4.95. The first-order chi connectivity index (χ1) is 8.62. The molecule has 0 bridgehead atoms. The third-order valence-corrected chi connectivity index (χ3v) is 1.18. The molecule has 1 atom stereocenters. The van der Waals surface area contributed by atoms with E-state index in [9.17, 15) is 22.8 Å². The smallest absolute Gasteiger partial charge is 0.422 e. The predicted octanol–water partition coefficient (Wildman–Crippen LogP) is 1.37. The van der Waals surface area contributed by atoms with Crippen molar-refractivity contribution < 1.29 is 37.3 Å². The zero-order chi connectivity index (χ0) is 15.5. The van der Waals surface area contributed by atoms with Crippen LogP contribution in [-0.4, -0.2) is 42.5 Å². The van der Waals surface area contributed by atoms with E-state index >= 15 is 0 Å². The Hall–Kier alpha value is -1.83. The molecule has 19 heavy (non-hydrogen) atoms. The highest BCUT2D eigenvalue weighted by molar-refractivity contribution is 5.81. The van der Waals surface area contributed by atoms with Crippen LogP contribution in [0, 0.1) is 0 Å². The van der Waals surface area contributed by atoms with Crippen molar-refractivity contribution in [3.05, 3.63) is 25.3 Å². The normalized spacial score (nSPS) is 11.4. The standard InChI is InChI=1S/C6H10O3.C5H5F3O2/c1-3-6(8)9-4-5(2)7;1-2-4(9)10-3-5(6,7)8/h3,5,7H,1,4H2,2H3;2H,1,3H2. The Labute approximate surface area is 108 Å². The predicted molar refractivity (Wildman–Crippen MR) is 60.0 cm³/mol. The highest BCUT2D eigenvalue weighted by atomic mass is 19.4. The van der Waals surface area contributed by atoms with Gasteiger partial charge in [0, 0.05) is 12.2 Å². The molecule has 0 aromatic heterocycles. The monoisotopic (exact) mass is 284 g/mol. The van der Waals surface area contributed by atoms with E-state index in [2.05, 4.69) is 22.6 Å². The highest BCUT2D eigenvalue weighted by Gasteiger charge is 2.28. The van der Waals surface area contributed by atoms with Crippen molar-refractivity contribution in [1.82, 2.24) is 0 Å². The Morgan fingerprint density at radius 1 is 1.21 bits per heavy atom. The Kier molecular flexibility index (Phi) is 10.4. The fourth-order valence-electron chi connectivity index (χ4n) is 0.474. The molecule has 0 aromatic rings. The van der Waals surface area contributed by atoms with Crippen molar-refractivity contribution in [2.24, 2.45) is 0 Å². The third-order valence-electron chi connectivity index (χ3n) is 1.18. The maximum atomic E-state index is 11.2. The fourth-order valence-corrected chi connectivity index (χ4v) is 0.474. The molecule has 0 saturated carbocycles. The molecular formula is C11H15F3O5. The number of aliphatic hydroxyl groups excluding tert-OH is 1. The van der Waals surface area contributed by atoms with Crippen LogP contribution >= 0.6 is 0 Å². The van der Waals surface area contributed by atoms with E-state index in [1.54, 1.807) is 0 Å². The van der Waals surface area contributed by atoms with Gasteiger partial charge in [0.15, 0.2) is 6.61 Å². The van der Waals surface area contributed by atoms with Crippen LogP contribution in [0.2, 0.25) is 0 Å². The van der Waals surface area contributed by atoms with Crippen molar-refractivity contribution in [2.75, 3.05) is 13.2 Å². The van der Waals surface area contributed by atoms with Crippen molar-refractivity contribution in [3.8, 4) is 0 Å². The van der Waals surface area contributed by atoms with Crippen LogP contribution in [0.5, 0.6) is 0 Å².